The maximum atomic E-state index is 12.0. The molecule has 0 saturated carbocycles. The van der Waals surface area contributed by atoms with E-state index in [1.165, 1.54) is 36.0 Å². The van der Waals surface area contributed by atoms with Gasteiger partial charge in [-0.1, -0.05) is 27.7 Å². The Morgan fingerprint density at radius 1 is 1.29 bits per heavy atom. The third-order valence-electron chi connectivity index (χ3n) is 5.84. The first kappa shape index (κ1) is 22.0. The van der Waals surface area contributed by atoms with E-state index in [2.05, 4.69) is 46.8 Å². The molecule has 1 atom stereocenters. The van der Waals surface area contributed by atoms with E-state index in [4.69, 9.17) is 4.74 Å². The summed E-state index contributed by atoms with van der Waals surface area (Å²) >= 11 is 5.25. The Morgan fingerprint density at radius 2 is 2.04 bits per heavy atom. The maximum Gasteiger partial charge on any atom is 0.282 e. The molecule has 2 heterocycles. The molecule has 0 aliphatic carbocycles. The second-order valence-electron chi connectivity index (χ2n) is 8.22. The van der Waals surface area contributed by atoms with E-state index >= 15 is 0 Å². The minimum atomic E-state index is 0.263. The molecule has 1 amide bonds. The highest BCUT2D eigenvalue weighted by atomic mass is 79.9. The van der Waals surface area contributed by atoms with Crippen molar-refractivity contribution in [2.75, 3.05) is 32.8 Å². The molecule has 28 heavy (non-hydrogen) atoms. The van der Waals surface area contributed by atoms with E-state index < -0.39 is 0 Å². The number of piperidine rings is 1. The smallest absolute Gasteiger partial charge is 0.282 e. The molecule has 2 aliphatic heterocycles. The average molecular weight is 469 g/mol. The Bertz CT molecular complexity index is 662. The molecule has 0 N–H and O–H groups in total. The molecule has 0 radical (unpaired) electrons. The molecule has 1 aromatic carbocycles. The van der Waals surface area contributed by atoms with Crippen molar-refractivity contribution >= 4 is 32.9 Å². The number of carbonyl (C=O) groups excluding carboxylic acids is 1. The van der Waals surface area contributed by atoms with E-state index in [1.54, 1.807) is 11.8 Å². The lowest BCUT2D eigenvalue weighted by Crippen LogP contribution is -2.36. The number of rotatable bonds is 8. The topological polar surface area (TPSA) is 32.8 Å². The van der Waals surface area contributed by atoms with Crippen LogP contribution in [0.1, 0.15) is 45.6 Å². The van der Waals surface area contributed by atoms with E-state index in [0.29, 0.717) is 17.9 Å². The molecule has 4 nitrogen and oxygen atoms in total. The predicted molar refractivity (Wildman–Crippen MR) is 121 cm³/mol. The van der Waals surface area contributed by atoms with Gasteiger partial charge in [-0.25, -0.2) is 0 Å². The van der Waals surface area contributed by atoms with Crippen LogP contribution in [0.3, 0.4) is 0 Å². The van der Waals surface area contributed by atoms with Gasteiger partial charge in [0.15, 0.2) is 0 Å². The number of hydrogen-bond acceptors (Lipinski definition) is 4. The van der Waals surface area contributed by atoms with Gasteiger partial charge in [0.25, 0.3) is 5.24 Å². The molecule has 6 heteroatoms. The fraction of sp³-hybridized carbons (Fsp3) is 0.682. The lowest BCUT2D eigenvalue weighted by molar-refractivity contribution is 0.179. The molecule has 2 aliphatic rings. The number of amides is 1. The zero-order chi connectivity index (χ0) is 20.1. The van der Waals surface area contributed by atoms with Crippen LogP contribution in [-0.2, 0) is 6.42 Å². The molecule has 2 fully saturated rings. The van der Waals surface area contributed by atoms with Gasteiger partial charge in [0.05, 0.1) is 6.61 Å². The number of benzene rings is 1. The summed E-state index contributed by atoms with van der Waals surface area (Å²) in [4.78, 5) is 16.6. The van der Waals surface area contributed by atoms with Crippen molar-refractivity contribution in [1.29, 1.82) is 0 Å². The number of hydrogen-bond donors (Lipinski definition) is 0. The van der Waals surface area contributed by atoms with Crippen LogP contribution >= 0.6 is 27.7 Å². The Morgan fingerprint density at radius 3 is 2.68 bits per heavy atom. The summed E-state index contributed by atoms with van der Waals surface area (Å²) in [5.41, 5.74) is 1.36. The standard InChI is InChI=1S/C22H33BrN2O2S/c1-4-27-19-5-6-21(23)18(14-19)13-17-7-10-24(11-8-17)12-9-20-15-25(16(2)3)22(26)28-20/h5-6,14,16-17,20H,4,7-13,15H2,1-3H3. The summed E-state index contributed by atoms with van der Waals surface area (Å²) in [6.45, 7) is 11.3. The largest absolute Gasteiger partial charge is 0.494 e. The van der Waals surface area contributed by atoms with E-state index in [1.807, 2.05) is 17.9 Å². The predicted octanol–water partition coefficient (Wildman–Crippen LogP) is 5.44. The SMILES string of the molecule is CCOc1ccc(Br)c(CC2CCN(CCC3CN(C(C)C)C(=O)S3)CC2)c1. The second-order valence-corrected chi connectivity index (χ2v) is 10.3. The molecule has 156 valence electrons. The van der Waals surface area contributed by atoms with Gasteiger partial charge in [-0.15, -0.1) is 0 Å². The molecule has 2 saturated heterocycles. The number of thioether (sulfide) groups is 1. The van der Waals surface area contributed by atoms with Crippen molar-refractivity contribution in [1.82, 2.24) is 9.80 Å². The molecule has 0 bridgehead atoms. The van der Waals surface area contributed by atoms with Crippen LogP contribution in [0.4, 0.5) is 4.79 Å². The lowest BCUT2D eigenvalue weighted by atomic mass is 9.90. The second kappa shape index (κ2) is 10.4. The molecule has 1 aromatic rings. The Hall–Kier alpha value is -0.720. The summed E-state index contributed by atoms with van der Waals surface area (Å²) < 4.78 is 6.85. The molecule has 1 unspecified atom stereocenters. The van der Waals surface area contributed by atoms with Crippen molar-refractivity contribution in [3.8, 4) is 5.75 Å². The van der Waals surface area contributed by atoms with E-state index in [0.717, 1.165) is 37.6 Å². The lowest BCUT2D eigenvalue weighted by Gasteiger charge is -2.32. The van der Waals surface area contributed by atoms with Crippen LogP contribution in [0.15, 0.2) is 22.7 Å². The van der Waals surface area contributed by atoms with Crippen LogP contribution in [0.25, 0.3) is 0 Å². The fourth-order valence-electron chi connectivity index (χ4n) is 4.13. The van der Waals surface area contributed by atoms with Crippen molar-refractivity contribution in [3.05, 3.63) is 28.2 Å². The summed E-state index contributed by atoms with van der Waals surface area (Å²) in [7, 11) is 0. The molecular formula is C22H33BrN2O2S. The molecule has 0 spiro atoms. The van der Waals surface area contributed by atoms with E-state index in [9.17, 15) is 4.79 Å². The van der Waals surface area contributed by atoms with Crippen LogP contribution < -0.4 is 4.74 Å². The van der Waals surface area contributed by atoms with Gasteiger partial charge in [-0.05, 0) is 95.8 Å². The summed E-state index contributed by atoms with van der Waals surface area (Å²) in [6, 6.07) is 6.65. The first-order chi connectivity index (χ1) is 13.5. The highest BCUT2D eigenvalue weighted by molar-refractivity contribution is 9.10. The summed E-state index contributed by atoms with van der Waals surface area (Å²) in [6.07, 6.45) is 4.73. The van der Waals surface area contributed by atoms with Gasteiger partial charge in [0.2, 0.25) is 0 Å². The number of carbonyl (C=O) groups is 1. The van der Waals surface area contributed by atoms with Crippen molar-refractivity contribution in [2.45, 2.75) is 57.7 Å². The van der Waals surface area contributed by atoms with Gasteiger partial charge in [0.1, 0.15) is 5.75 Å². The quantitative estimate of drug-likeness (QED) is 0.508. The maximum absolute atomic E-state index is 12.0. The van der Waals surface area contributed by atoms with Gasteiger partial charge in [-0.2, -0.15) is 0 Å². The van der Waals surface area contributed by atoms with Crippen molar-refractivity contribution in [2.24, 2.45) is 5.92 Å². The van der Waals surface area contributed by atoms with Crippen LogP contribution in [0, 0.1) is 5.92 Å². The van der Waals surface area contributed by atoms with Crippen molar-refractivity contribution < 1.29 is 9.53 Å². The highest BCUT2D eigenvalue weighted by Gasteiger charge is 2.32. The van der Waals surface area contributed by atoms with Crippen LogP contribution in [0.5, 0.6) is 5.75 Å². The Kier molecular flexibility index (Phi) is 8.12. The molecule has 3 rings (SSSR count). The number of likely N-dealkylation sites (tertiary alicyclic amines) is 1. The monoisotopic (exact) mass is 468 g/mol. The van der Waals surface area contributed by atoms with Gasteiger partial charge >= 0.3 is 0 Å². The Labute approximate surface area is 182 Å². The summed E-state index contributed by atoms with van der Waals surface area (Å²) in [5.74, 6) is 1.71. The molecular weight excluding hydrogens is 436 g/mol. The Balaban J connectivity index is 1.42. The zero-order valence-electron chi connectivity index (χ0n) is 17.3. The summed E-state index contributed by atoms with van der Waals surface area (Å²) in [5, 5.41) is 0.725. The van der Waals surface area contributed by atoms with Gasteiger partial charge < -0.3 is 14.5 Å². The van der Waals surface area contributed by atoms with Gasteiger partial charge in [0, 0.05) is 22.3 Å². The molecule has 0 aromatic heterocycles. The third-order valence-corrected chi connectivity index (χ3v) is 7.76. The van der Waals surface area contributed by atoms with Crippen LogP contribution in [-0.4, -0.2) is 59.1 Å². The fourth-order valence-corrected chi connectivity index (χ4v) is 5.70. The third kappa shape index (κ3) is 5.90. The minimum absolute atomic E-state index is 0.263. The van der Waals surface area contributed by atoms with E-state index in [-0.39, 0.29) is 5.24 Å². The number of nitrogens with zero attached hydrogens (tertiary/aromatic N) is 2. The first-order valence-electron chi connectivity index (χ1n) is 10.6. The number of ether oxygens (including phenoxy) is 1. The number of halogens is 1. The normalized spacial score (nSPS) is 21.7. The first-order valence-corrected chi connectivity index (χ1v) is 12.2. The minimum Gasteiger partial charge on any atom is -0.494 e. The van der Waals surface area contributed by atoms with Gasteiger partial charge in [-0.3, -0.25) is 4.79 Å². The van der Waals surface area contributed by atoms with Crippen molar-refractivity contribution in [3.63, 3.8) is 0 Å². The zero-order valence-corrected chi connectivity index (χ0v) is 19.7. The average Bonchev–Trinajstić information content (AvgIpc) is 3.05. The van der Waals surface area contributed by atoms with Crippen LogP contribution in [0.2, 0.25) is 0 Å². The highest BCUT2D eigenvalue weighted by Crippen LogP contribution is 2.31.